The third kappa shape index (κ3) is 4.37. The molecule has 1 heterocycles. The van der Waals surface area contributed by atoms with Crippen LogP contribution >= 0.6 is 0 Å². The Kier molecular flexibility index (Phi) is 5.19. The fourth-order valence-corrected chi connectivity index (χ4v) is 1.78. The van der Waals surface area contributed by atoms with Crippen LogP contribution in [0.1, 0.15) is 18.4 Å². The van der Waals surface area contributed by atoms with Crippen molar-refractivity contribution in [2.24, 2.45) is 5.10 Å². The minimum Gasteiger partial charge on any atom is -0.497 e. The highest BCUT2D eigenvalue weighted by atomic mass is 16.5. The van der Waals surface area contributed by atoms with Crippen molar-refractivity contribution in [3.8, 4) is 5.75 Å². The molecule has 1 aromatic heterocycles. The Morgan fingerprint density at radius 3 is 2.59 bits per heavy atom. The Morgan fingerprint density at radius 1 is 1.27 bits per heavy atom. The molecule has 6 heteroatoms. The Bertz CT molecular complexity index is 647. The summed E-state index contributed by atoms with van der Waals surface area (Å²) >= 11 is 0. The van der Waals surface area contributed by atoms with E-state index in [1.54, 1.807) is 20.1 Å². The molecule has 22 heavy (non-hydrogen) atoms. The van der Waals surface area contributed by atoms with Crippen LogP contribution in [0.2, 0.25) is 0 Å². The zero-order chi connectivity index (χ0) is 15.9. The lowest BCUT2D eigenvalue weighted by molar-refractivity contribution is -0.121. The number of nitrogens with one attached hydrogen (secondary N) is 2. The zero-order valence-corrected chi connectivity index (χ0v) is 12.8. The SMILES string of the molecule is COc1ccc(NC(C)C(=O)N/N=C/c2ccc(C)o2)cc1. The molecule has 0 saturated heterocycles. The summed E-state index contributed by atoms with van der Waals surface area (Å²) in [6, 6.07) is 10.5. The Hall–Kier alpha value is -2.76. The first-order valence-electron chi connectivity index (χ1n) is 6.88. The van der Waals surface area contributed by atoms with E-state index in [1.807, 2.05) is 37.3 Å². The van der Waals surface area contributed by atoms with E-state index in [9.17, 15) is 4.79 Å². The lowest BCUT2D eigenvalue weighted by atomic mass is 10.2. The summed E-state index contributed by atoms with van der Waals surface area (Å²) in [4.78, 5) is 11.9. The van der Waals surface area contributed by atoms with Crippen LogP contribution in [0.3, 0.4) is 0 Å². The average molecular weight is 301 g/mol. The van der Waals surface area contributed by atoms with Gasteiger partial charge in [0.15, 0.2) is 0 Å². The predicted octanol–water partition coefficient (Wildman–Crippen LogP) is 2.55. The maximum Gasteiger partial charge on any atom is 0.262 e. The molecule has 2 N–H and O–H groups in total. The number of furan rings is 1. The fraction of sp³-hybridized carbons (Fsp3) is 0.250. The number of rotatable bonds is 6. The molecule has 2 aromatic rings. The van der Waals surface area contributed by atoms with Gasteiger partial charge in [-0.05, 0) is 50.2 Å². The number of carbonyl (C=O) groups is 1. The van der Waals surface area contributed by atoms with Crippen molar-refractivity contribution in [2.45, 2.75) is 19.9 Å². The van der Waals surface area contributed by atoms with Gasteiger partial charge in [0, 0.05) is 5.69 Å². The molecule has 6 nitrogen and oxygen atoms in total. The van der Waals surface area contributed by atoms with E-state index in [4.69, 9.17) is 9.15 Å². The molecule has 0 aliphatic heterocycles. The van der Waals surface area contributed by atoms with Gasteiger partial charge in [0.05, 0.1) is 13.3 Å². The van der Waals surface area contributed by atoms with E-state index >= 15 is 0 Å². The molecule has 0 aliphatic carbocycles. The van der Waals surface area contributed by atoms with Crippen molar-refractivity contribution in [2.75, 3.05) is 12.4 Å². The molecule has 0 saturated carbocycles. The van der Waals surface area contributed by atoms with E-state index in [-0.39, 0.29) is 5.91 Å². The van der Waals surface area contributed by atoms with Crippen LogP contribution in [0.25, 0.3) is 0 Å². The third-order valence-corrected chi connectivity index (χ3v) is 2.99. The number of anilines is 1. The summed E-state index contributed by atoms with van der Waals surface area (Å²) in [6.07, 6.45) is 1.46. The van der Waals surface area contributed by atoms with Crippen molar-refractivity contribution in [3.63, 3.8) is 0 Å². The monoisotopic (exact) mass is 301 g/mol. The summed E-state index contributed by atoms with van der Waals surface area (Å²) in [6.45, 7) is 3.60. The number of hydrazone groups is 1. The van der Waals surface area contributed by atoms with Crippen LogP contribution in [-0.2, 0) is 4.79 Å². The number of ether oxygens (including phenoxy) is 1. The van der Waals surface area contributed by atoms with Crippen molar-refractivity contribution < 1.29 is 13.9 Å². The first-order valence-corrected chi connectivity index (χ1v) is 6.88. The topological polar surface area (TPSA) is 75.9 Å². The molecule has 1 atom stereocenters. The predicted molar refractivity (Wildman–Crippen MR) is 85.3 cm³/mol. The van der Waals surface area contributed by atoms with Gasteiger partial charge in [-0.15, -0.1) is 0 Å². The Morgan fingerprint density at radius 2 is 2.00 bits per heavy atom. The normalized spacial score (nSPS) is 12.1. The van der Waals surface area contributed by atoms with E-state index in [2.05, 4.69) is 15.8 Å². The quantitative estimate of drug-likeness (QED) is 0.635. The maximum atomic E-state index is 11.9. The molecule has 0 spiro atoms. The molecule has 0 radical (unpaired) electrons. The van der Waals surface area contributed by atoms with Gasteiger partial charge in [-0.3, -0.25) is 4.79 Å². The number of benzene rings is 1. The summed E-state index contributed by atoms with van der Waals surface area (Å²) in [5, 5.41) is 6.95. The van der Waals surface area contributed by atoms with Gasteiger partial charge in [-0.1, -0.05) is 0 Å². The number of carbonyl (C=O) groups excluding carboxylic acids is 1. The van der Waals surface area contributed by atoms with E-state index < -0.39 is 6.04 Å². The summed E-state index contributed by atoms with van der Waals surface area (Å²) in [5.41, 5.74) is 3.29. The second-order valence-corrected chi connectivity index (χ2v) is 4.78. The molecule has 1 aromatic carbocycles. The van der Waals surface area contributed by atoms with Crippen molar-refractivity contribution in [1.82, 2.24) is 5.43 Å². The number of methoxy groups -OCH3 is 1. The number of hydrogen-bond donors (Lipinski definition) is 2. The lowest BCUT2D eigenvalue weighted by Crippen LogP contribution is -2.34. The molecular weight excluding hydrogens is 282 g/mol. The number of hydrogen-bond acceptors (Lipinski definition) is 5. The molecule has 0 fully saturated rings. The lowest BCUT2D eigenvalue weighted by Gasteiger charge is -2.13. The van der Waals surface area contributed by atoms with Gasteiger partial charge in [0.1, 0.15) is 23.3 Å². The average Bonchev–Trinajstić information content (AvgIpc) is 2.93. The Balaban J connectivity index is 1.84. The van der Waals surface area contributed by atoms with E-state index in [1.165, 1.54) is 6.21 Å². The van der Waals surface area contributed by atoms with E-state index in [0.29, 0.717) is 5.76 Å². The highest BCUT2D eigenvalue weighted by molar-refractivity contribution is 5.85. The van der Waals surface area contributed by atoms with Crippen LogP contribution in [0.4, 0.5) is 5.69 Å². The minimum absolute atomic E-state index is 0.240. The first kappa shape index (κ1) is 15.6. The first-order chi connectivity index (χ1) is 10.6. The molecular formula is C16H19N3O3. The summed E-state index contributed by atoms with van der Waals surface area (Å²) in [7, 11) is 1.61. The highest BCUT2D eigenvalue weighted by Crippen LogP contribution is 2.15. The fourth-order valence-electron chi connectivity index (χ4n) is 1.78. The maximum absolute atomic E-state index is 11.9. The zero-order valence-electron chi connectivity index (χ0n) is 12.8. The molecule has 0 bridgehead atoms. The van der Waals surface area contributed by atoms with Crippen molar-refractivity contribution in [1.29, 1.82) is 0 Å². The molecule has 116 valence electrons. The van der Waals surface area contributed by atoms with Crippen molar-refractivity contribution in [3.05, 3.63) is 47.9 Å². The van der Waals surface area contributed by atoms with Crippen LogP contribution in [0, 0.1) is 6.92 Å². The number of nitrogens with zero attached hydrogens (tertiary/aromatic N) is 1. The molecule has 1 unspecified atom stereocenters. The molecule has 1 amide bonds. The summed E-state index contributed by atoms with van der Waals surface area (Å²) in [5.74, 6) is 1.91. The van der Waals surface area contributed by atoms with E-state index in [0.717, 1.165) is 17.2 Å². The van der Waals surface area contributed by atoms with Gasteiger partial charge < -0.3 is 14.5 Å². The summed E-state index contributed by atoms with van der Waals surface area (Å²) < 4.78 is 10.4. The van der Waals surface area contributed by atoms with Crippen LogP contribution in [0.15, 0.2) is 45.9 Å². The van der Waals surface area contributed by atoms with Crippen molar-refractivity contribution >= 4 is 17.8 Å². The molecule has 2 rings (SSSR count). The van der Waals surface area contributed by atoms with Crippen LogP contribution in [0.5, 0.6) is 5.75 Å². The van der Waals surface area contributed by atoms with Crippen LogP contribution < -0.4 is 15.5 Å². The third-order valence-electron chi connectivity index (χ3n) is 2.99. The van der Waals surface area contributed by atoms with Gasteiger partial charge >= 0.3 is 0 Å². The van der Waals surface area contributed by atoms with Gasteiger partial charge in [0.2, 0.25) is 0 Å². The second-order valence-electron chi connectivity index (χ2n) is 4.78. The largest absolute Gasteiger partial charge is 0.497 e. The van der Waals surface area contributed by atoms with Crippen LogP contribution in [-0.4, -0.2) is 25.3 Å². The number of amides is 1. The second kappa shape index (κ2) is 7.31. The smallest absolute Gasteiger partial charge is 0.262 e. The van der Waals surface area contributed by atoms with Gasteiger partial charge in [-0.2, -0.15) is 5.10 Å². The minimum atomic E-state index is -0.427. The standard InChI is InChI=1S/C16H19N3O3/c1-11-4-7-15(22-11)10-17-19-16(20)12(2)18-13-5-8-14(21-3)9-6-13/h4-10,12,18H,1-3H3,(H,19,20)/b17-10+. The molecule has 0 aliphatic rings. The Labute approximate surface area is 129 Å². The highest BCUT2D eigenvalue weighted by Gasteiger charge is 2.11. The van der Waals surface area contributed by atoms with Gasteiger partial charge in [-0.25, -0.2) is 5.43 Å². The van der Waals surface area contributed by atoms with Gasteiger partial charge in [0.25, 0.3) is 5.91 Å². The number of aryl methyl sites for hydroxylation is 1.